The third-order valence-electron chi connectivity index (χ3n) is 4.39. The summed E-state index contributed by atoms with van der Waals surface area (Å²) in [5.74, 6) is 1.11. The van der Waals surface area contributed by atoms with Crippen LogP contribution in [0.4, 0.5) is 0 Å². The van der Waals surface area contributed by atoms with Gasteiger partial charge in [-0.3, -0.25) is 4.79 Å². The predicted octanol–water partition coefficient (Wildman–Crippen LogP) is 3.65. The molecule has 2 heterocycles. The van der Waals surface area contributed by atoms with Crippen LogP contribution in [0.25, 0.3) is 5.69 Å². The Bertz CT molecular complexity index is 944. The molecule has 27 heavy (non-hydrogen) atoms. The second-order valence-corrected chi connectivity index (χ2v) is 7.47. The Morgan fingerprint density at radius 2 is 1.93 bits per heavy atom. The Hall–Kier alpha value is -2.61. The van der Waals surface area contributed by atoms with E-state index < -0.39 is 0 Å². The summed E-state index contributed by atoms with van der Waals surface area (Å²) in [4.78, 5) is 12.8. The SMILES string of the molecule is COc1ccc(-n2nnnc2SCC(=O)c2cc(C)n(C(C)C)c2C)cc1. The van der Waals surface area contributed by atoms with Gasteiger partial charge in [-0.15, -0.1) is 5.10 Å². The Labute approximate surface area is 162 Å². The van der Waals surface area contributed by atoms with E-state index >= 15 is 0 Å². The van der Waals surface area contributed by atoms with Crippen LogP contribution in [-0.4, -0.2) is 43.4 Å². The fourth-order valence-electron chi connectivity index (χ4n) is 3.22. The molecule has 7 nitrogen and oxygen atoms in total. The van der Waals surface area contributed by atoms with E-state index in [2.05, 4.69) is 33.9 Å². The van der Waals surface area contributed by atoms with Gasteiger partial charge in [-0.05, 0) is 68.5 Å². The number of carbonyl (C=O) groups is 1. The number of hydrogen-bond donors (Lipinski definition) is 0. The van der Waals surface area contributed by atoms with Gasteiger partial charge < -0.3 is 9.30 Å². The number of Topliss-reactive ketones (excluding diaryl/α,β-unsaturated/α-hetero) is 1. The fourth-order valence-corrected chi connectivity index (χ4v) is 3.99. The third-order valence-corrected chi connectivity index (χ3v) is 5.31. The maximum Gasteiger partial charge on any atom is 0.214 e. The zero-order valence-corrected chi connectivity index (χ0v) is 16.9. The maximum absolute atomic E-state index is 12.8. The first-order valence-corrected chi connectivity index (χ1v) is 9.68. The van der Waals surface area contributed by atoms with Crippen LogP contribution in [0.1, 0.15) is 41.6 Å². The summed E-state index contributed by atoms with van der Waals surface area (Å²) in [5.41, 5.74) is 3.67. The molecule has 0 aliphatic rings. The number of ether oxygens (including phenoxy) is 1. The molecule has 0 unspecified atom stereocenters. The number of hydrogen-bond acceptors (Lipinski definition) is 6. The zero-order valence-electron chi connectivity index (χ0n) is 16.1. The van der Waals surface area contributed by atoms with Crippen LogP contribution >= 0.6 is 11.8 Å². The maximum atomic E-state index is 12.8. The van der Waals surface area contributed by atoms with Crippen LogP contribution in [0.2, 0.25) is 0 Å². The molecule has 3 rings (SSSR count). The second-order valence-electron chi connectivity index (χ2n) is 6.53. The molecule has 0 bridgehead atoms. The normalized spacial score (nSPS) is 11.2. The molecule has 0 aliphatic heterocycles. The van der Waals surface area contributed by atoms with Crippen LogP contribution < -0.4 is 4.74 Å². The van der Waals surface area contributed by atoms with Gasteiger partial charge in [-0.25, -0.2) is 0 Å². The second kappa shape index (κ2) is 7.96. The van der Waals surface area contributed by atoms with Gasteiger partial charge in [0.1, 0.15) is 5.75 Å². The van der Waals surface area contributed by atoms with Gasteiger partial charge in [0.05, 0.1) is 18.6 Å². The molecule has 0 spiro atoms. The first-order chi connectivity index (χ1) is 12.9. The fraction of sp³-hybridized carbons (Fsp3) is 0.368. The van der Waals surface area contributed by atoms with E-state index in [4.69, 9.17) is 4.74 Å². The minimum atomic E-state index is 0.0734. The van der Waals surface area contributed by atoms with Gasteiger partial charge >= 0.3 is 0 Å². The van der Waals surface area contributed by atoms with Crippen molar-refractivity contribution < 1.29 is 9.53 Å². The van der Waals surface area contributed by atoms with Crippen molar-refractivity contribution in [3.05, 3.63) is 47.3 Å². The quantitative estimate of drug-likeness (QED) is 0.456. The van der Waals surface area contributed by atoms with Crippen molar-refractivity contribution in [3.8, 4) is 11.4 Å². The average molecular weight is 385 g/mol. The van der Waals surface area contributed by atoms with Crippen molar-refractivity contribution in [2.45, 2.75) is 38.9 Å². The van der Waals surface area contributed by atoms with E-state index in [1.54, 1.807) is 11.8 Å². The number of aryl methyl sites for hydroxylation is 1. The Morgan fingerprint density at radius 1 is 1.22 bits per heavy atom. The van der Waals surface area contributed by atoms with Crippen molar-refractivity contribution in [2.75, 3.05) is 12.9 Å². The van der Waals surface area contributed by atoms with Crippen molar-refractivity contribution in [1.82, 2.24) is 24.8 Å². The molecule has 0 aliphatic carbocycles. The molecular formula is C19H23N5O2S. The smallest absolute Gasteiger partial charge is 0.214 e. The molecule has 142 valence electrons. The summed E-state index contributed by atoms with van der Waals surface area (Å²) in [5, 5.41) is 12.4. The standard InChI is InChI=1S/C19H23N5O2S/c1-12(2)23-13(3)10-17(14(23)4)18(25)11-27-19-20-21-22-24(19)15-6-8-16(26-5)9-7-15/h6-10,12H,11H2,1-5H3. The Balaban J connectivity index is 1.75. The van der Waals surface area contributed by atoms with Crippen molar-refractivity contribution in [2.24, 2.45) is 0 Å². The highest BCUT2D eigenvalue weighted by Crippen LogP contribution is 2.24. The minimum absolute atomic E-state index is 0.0734. The monoisotopic (exact) mass is 385 g/mol. The largest absolute Gasteiger partial charge is 0.497 e. The molecule has 0 fully saturated rings. The summed E-state index contributed by atoms with van der Waals surface area (Å²) < 4.78 is 8.97. The van der Waals surface area contributed by atoms with Crippen LogP contribution in [0, 0.1) is 13.8 Å². The number of methoxy groups -OCH3 is 1. The first kappa shape index (κ1) is 19.2. The van der Waals surface area contributed by atoms with Gasteiger partial charge in [0.2, 0.25) is 5.16 Å². The number of nitrogens with zero attached hydrogens (tertiary/aromatic N) is 5. The molecule has 0 saturated carbocycles. The predicted molar refractivity (Wildman–Crippen MR) is 105 cm³/mol. The topological polar surface area (TPSA) is 74.8 Å². The number of rotatable bonds is 7. The molecule has 8 heteroatoms. The van der Waals surface area contributed by atoms with Crippen LogP contribution in [0.5, 0.6) is 5.75 Å². The lowest BCUT2D eigenvalue weighted by atomic mass is 10.2. The summed E-state index contributed by atoms with van der Waals surface area (Å²) >= 11 is 1.33. The van der Waals surface area contributed by atoms with Crippen LogP contribution in [-0.2, 0) is 0 Å². The molecular weight excluding hydrogens is 362 g/mol. The highest BCUT2D eigenvalue weighted by molar-refractivity contribution is 7.99. The number of tetrazole rings is 1. The molecule has 0 atom stereocenters. The highest BCUT2D eigenvalue weighted by Gasteiger charge is 2.19. The van der Waals surface area contributed by atoms with Gasteiger partial charge in [-0.1, -0.05) is 11.8 Å². The van der Waals surface area contributed by atoms with E-state index in [1.165, 1.54) is 11.8 Å². The number of aromatic nitrogens is 5. The molecule has 0 radical (unpaired) electrons. The van der Waals surface area contributed by atoms with E-state index in [-0.39, 0.29) is 11.5 Å². The molecule has 0 N–H and O–H groups in total. The number of carbonyl (C=O) groups excluding carboxylic acids is 1. The zero-order chi connectivity index (χ0) is 19.6. The molecule has 1 aromatic carbocycles. The molecule has 0 amide bonds. The van der Waals surface area contributed by atoms with E-state index in [0.29, 0.717) is 11.2 Å². The Morgan fingerprint density at radius 3 is 2.52 bits per heavy atom. The molecule has 0 saturated heterocycles. The lowest BCUT2D eigenvalue weighted by molar-refractivity contribution is 0.102. The van der Waals surface area contributed by atoms with Gasteiger partial charge in [0, 0.05) is 23.0 Å². The lowest BCUT2D eigenvalue weighted by Crippen LogP contribution is -2.09. The summed E-state index contributed by atoms with van der Waals surface area (Å²) in [7, 11) is 1.62. The lowest BCUT2D eigenvalue weighted by Gasteiger charge is -2.13. The van der Waals surface area contributed by atoms with Crippen molar-refractivity contribution >= 4 is 17.5 Å². The van der Waals surface area contributed by atoms with Crippen molar-refractivity contribution in [1.29, 1.82) is 0 Å². The van der Waals surface area contributed by atoms with Gasteiger partial charge in [0.15, 0.2) is 5.78 Å². The molecule has 2 aromatic heterocycles. The highest BCUT2D eigenvalue weighted by atomic mass is 32.2. The average Bonchev–Trinajstić information content (AvgIpc) is 3.23. The third kappa shape index (κ3) is 3.90. The summed E-state index contributed by atoms with van der Waals surface area (Å²) in [6.07, 6.45) is 0. The van der Waals surface area contributed by atoms with E-state index in [9.17, 15) is 4.79 Å². The van der Waals surface area contributed by atoms with Crippen LogP contribution in [0.3, 0.4) is 0 Å². The van der Waals surface area contributed by atoms with Crippen molar-refractivity contribution in [3.63, 3.8) is 0 Å². The number of thioether (sulfide) groups is 1. The number of benzene rings is 1. The molecule has 3 aromatic rings. The van der Waals surface area contributed by atoms with E-state index in [0.717, 1.165) is 28.4 Å². The summed E-state index contributed by atoms with van der Waals surface area (Å²) in [6.45, 7) is 8.26. The van der Waals surface area contributed by atoms with Gasteiger partial charge in [-0.2, -0.15) is 4.68 Å². The van der Waals surface area contributed by atoms with Gasteiger partial charge in [0.25, 0.3) is 0 Å². The van der Waals surface area contributed by atoms with E-state index in [1.807, 2.05) is 44.2 Å². The van der Waals surface area contributed by atoms with Crippen LogP contribution in [0.15, 0.2) is 35.5 Å². The Kier molecular flexibility index (Phi) is 5.65. The number of ketones is 1. The summed E-state index contributed by atoms with van der Waals surface area (Å²) in [6, 6.07) is 9.72. The minimum Gasteiger partial charge on any atom is -0.497 e. The first-order valence-electron chi connectivity index (χ1n) is 8.69.